The lowest BCUT2D eigenvalue weighted by atomic mass is 10.3. The number of carbonyl (C=O) groups excluding carboxylic acids is 2. The summed E-state index contributed by atoms with van der Waals surface area (Å²) in [5, 5.41) is 2.76. The molecular weight excluding hydrogens is 218 g/mol. The van der Waals surface area contributed by atoms with Crippen molar-refractivity contribution in [3.8, 4) is 0 Å². The standard InChI is InChI=1S/C12H25N3O2/c1-5-15(6-2)12(17)10-11(16)13-8-7-9-14(3)4/h5-10H2,1-4H3,(H,13,16). The predicted molar refractivity (Wildman–Crippen MR) is 68.7 cm³/mol. The first-order valence-electron chi connectivity index (χ1n) is 6.20. The van der Waals surface area contributed by atoms with Crippen LogP contribution in [0.15, 0.2) is 0 Å². The maximum Gasteiger partial charge on any atom is 0.231 e. The summed E-state index contributed by atoms with van der Waals surface area (Å²) in [7, 11) is 3.98. The summed E-state index contributed by atoms with van der Waals surface area (Å²) in [6.45, 7) is 6.70. The number of hydrogen-bond donors (Lipinski definition) is 1. The maximum absolute atomic E-state index is 11.6. The van der Waals surface area contributed by atoms with Crippen molar-refractivity contribution in [3.05, 3.63) is 0 Å². The Kier molecular flexibility index (Phi) is 8.40. The van der Waals surface area contributed by atoms with E-state index in [1.807, 2.05) is 27.9 Å². The highest BCUT2D eigenvalue weighted by atomic mass is 16.2. The summed E-state index contributed by atoms with van der Waals surface area (Å²) in [6.07, 6.45) is 0.863. The zero-order valence-corrected chi connectivity index (χ0v) is 11.5. The average Bonchev–Trinajstić information content (AvgIpc) is 2.25. The molecule has 0 fully saturated rings. The van der Waals surface area contributed by atoms with Crippen LogP contribution in [-0.4, -0.2) is 61.9 Å². The molecule has 0 spiro atoms. The van der Waals surface area contributed by atoms with Crippen LogP contribution in [-0.2, 0) is 9.59 Å². The number of nitrogens with zero attached hydrogens (tertiary/aromatic N) is 2. The Hall–Kier alpha value is -1.10. The van der Waals surface area contributed by atoms with Crippen LogP contribution in [0, 0.1) is 0 Å². The third kappa shape index (κ3) is 7.74. The van der Waals surface area contributed by atoms with Gasteiger partial charge in [0.1, 0.15) is 6.42 Å². The van der Waals surface area contributed by atoms with Gasteiger partial charge in [0.05, 0.1) is 0 Å². The normalized spacial score (nSPS) is 10.4. The third-order valence-corrected chi connectivity index (χ3v) is 2.53. The van der Waals surface area contributed by atoms with Gasteiger partial charge in [-0.2, -0.15) is 0 Å². The van der Waals surface area contributed by atoms with Gasteiger partial charge in [0, 0.05) is 19.6 Å². The largest absolute Gasteiger partial charge is 0.356 e. The molecule has 0 aromatic rings. The number of nitrogens with one attached hydrogen (secondary N) is 1. The van der Waals surface area contributed by atoms with Crippen molar-refractivity contribution in [1.82, 2.24) is 15.1 Å². The number of carbonyl (C=O) groups is 2. The van der Waals surface area contributed by atoms with Crippen LogP contribution < -0.4 is 5.32 Å². The first kappa shape index (κ1) is 15.9. The van der Waals surface area contributed by atoms with E-state index in [4.69, 9.17) is 0 Å². The molecule has 17 heavy (non-hydrogen) atoms. The Morgan fingerprint density at radius 2 is 1.71 bits per heavy atom. The fourth-order valence-electron chi connectivity index (χ4n) is 1.51. The molecule has 0 radical (unpaired) electrons. The quantitative estimate of drug-likeness (QED) is 0.493. The molecule has 0 aliphatic rings. The molecule has 100 valence electrons. The maximum atomic E-state index is 11.6. The molecule has 0 atom stereocenters. The number of hydrogen-bond acceptors (Lipinski definition) is 3. The van der Waals surface area contributed by atoms with Crippen LogP contribution in [0.5, 0.6) is 0 Å². The van der Waals surface area contributed by atoms with Gasteiger partial charge in [-0.15, -0.1) is 0 Å². The molecule has 2 amide bonds. The summed E-state index contributed by atoms with van der Waals surface area (Å²) in [5.74, 6) is -0.277. The molecule has 0 rings (SSSR count). The third-order valence-electron chi connectivity index (χ3n) is 2.53. The highest BCUT2D eigenvalue weighted by molar-refractivity contribution is 5.96. The monoisotopic (exact) mass is 243 g/mol. The molecule has 0 unspecified atom stereocenters. The van der Waals surface area contributed by atoms with E-state index in [0.717, 1.165) is 13.0 Å². The second-order valence-electron chi connectivity index (χ2n) is 4.25. The molecule has 0 saturated heterocycles. The molecule has 0 saturated carbocycles. The van der Waals surface area contributed by atoms with Crippen LogP contribution in [0.3, 0.4) is 0 Å². The molecule has 0 bridgehead atoms. The van der Waals surface area contributed by atoms with Crippen LogP contribution in [0.2, 0.25) is 0 Å². The fraction of sp³-hybridized carbons (Fsp3) is 0.833. The van der Waals surface area contributed by atoms with Gasteiger partial charge < -0.3 is 15.1 Å². The molecule has 5 heteroatoms. The van der Waals surface area contributed by atoms with Crippen LogP contribution in [0.4, 0.5) is 0 Å². The van der Waals surface area contributed by atoms with Crippen LogP contribution in [0.1, 0.15) is 26.7 Å². The van der Waals surface area contributed by atoms with E-state index in [1.54, 1.807) is 4.90 Å². The van der Waals surface area contributed by atoms with Crippen LogP contribution in [0.25, 0.3) is 0 Å². The van der Waals surface area contributed by atoms with Gasteiger partial charge in [-0.1, -0.05) is 0 Å². The van der Waals surface area contributed by atoms with Crippen molar-refractivity contribution in [1.29, 1.82) is 0 Å². The first-order valence-corrected chi connectivity index (χ1v) is 6.20. The van der Waals surface area contributed by atoms with Crippen molar-refractivity contribution >= 4 is 11.8 Å². The van der Waals surface area contributed by atoms with Gasteiger partial charge in [-0.3, -0.25) is 9.59 Å². The Balaban J connectivity index is 3.74. The van der Waals surface area contributed by atoms with Gasteiger partial charge in [0.15, 0.2) is 0 Å². The summed E-state index contributed by atoms with van der Waals surface area (Å²) in [5.41, 5.74) is 0. The SMILES string of the molecule is CCN(CC)C(=O)CC(=O)NCCCN(C)C. The van der Waals surface area contributed by atoms with E-state index in [0.29, 0.717) is 19.6 Å². The minimum atomic E-state index is -0.180. The molecule has 5 nitrogen and oxygen atoms in total. The van der Waals surface area contributed by atoms with E-state index >= 15 is 0 Å². The summed E-state index contributed by atoms with van der Waals surface area (Å²) in [6, 6.07) is 0. The van der Waals surface area contributed by atoms with Crippen molar-refractivity contribution in [2.45, 2.75) is 26.7 Å². The minimum Gasteiger partial charge on any atom is -0.356 e. The van der Waals surface area contributed by atoms with E-state index in [2.05, 4.69) is 10.2 Å². The lowest BCUT2D eigenvalue weighted by Gasteiger charge is -2.18. The summed E-state index contributed by atoms with van der Waals surface area (Å²) in [4.78, 5) is 26.8. The molecular formula is C12H25N3O2. The van der Waals surface area contributed by atoms with Gasteiger partial charge in [0.25, 0.3) is 0 Å². The van der Waals surface area contributed by atoms with Crippen molar-refractivity contribution in [2.75, 3.05) is 40.3 Å². The molecule has 0 aromatic carbocycles. The zero-order chi connectivity index (χ0) is 13.3. The number of rotatable bonds is 8. The van der Waals surface area contributed by atoms with E-state index in [1.165, 1.54) is 0 Å². The smallest absolute Gasteiger partial charge is 0.231 e. The first-order chi connectivity index (χ1) is 8.01. The minimum absolute atomic E-state index is 0.0381. The van der Waals surface area contributed by atoms with Gasteiger partial charge in [-0.05, 0) is 40.9 Å². The van der Waals surface area contributed by atoms with E-state index in [-0.39, 0.29) is 18.2 Å². The summed E-state index contributed by atoms with van der Waals surface area (Å²) >= 11 is 0. The summed E-state index contributed by atoms with van der Waals surface area (Å²) < 4.78 is 0. The Morgan fingerprint density at radius 3 is 2.18 bits per heavy atom. The Bertz CT molecular complexity index is 238. The second-order valence-corrected chi connectivity index (χ2v) is 4.25. The van der Waals surface area contributed by atoms with Gasteiger partial charge in [0.2, 0.25) is 11.8 Å². The van der Waals surface area contributed by atoms with Gasteiger partial charge >= 0.3 is 0 Å². The molecule has 0 heterocycles. The molecule has 1 N–H and O–H groups in total. The van der Waals surface area contributed by atoms with E-state index < -0.39 is 0 Å². The Morgan fingerprint density at radius 1 is 1.12 bits per heavy atom. The zero-order valence-electron chi connectivity index (χ0n) is 11.5. The van der Waals surface area contributed by atoms with Crippen molar-refractivity contribution in [2.24, 2.45) is 0 Å². The van der Waals surface area contributed by atoms with Crippen molar-refractivity contribution < 1.29 is 9.59 Å². The highest BCUT2D eigenvalue weighted by Gasteiger charge is 2.13. The molecule has 0 aromatic heterocycles. The topological polar surface area (TPSA) is 52.7 Å². The Labute approximate surface area is 104 Å². The van der Waals surface area contributed by atoms with Crippen molar-refractivity contribution in [3.63, 3.8) is 0 Å². The number of amides is 2. The highest BCUT2D eigenvalue weighted by Crippen LogP contribution is 1.94. The fourth-order valence-corrected chi connectivity index (χ4v) is 1.51. The predicted octanol–water partition coefficient (Wildman–Crippen LogP) is 0.313. The lowest BCUT2D eigenvalue weighted by Crippen LogP contribution is -2.36. The van der Waals surface area contributed by atoms with E-state index in [9.17, 15) is 9.59 Å². The lowest BCUT2D eigenvalue weighted by molar-refractivity contribution is -0.135. The van der Waals surface area contributed by atoms with Crippen LogP contribution >= 0.6 is 0 Å². The molecule has 0 aliphatic heterocycles. The second kappa shape index (κ2) is 8.98. The van der Waals surface area contributed by atoms with Gasteiger partial charge in [-0.25, -0.2) is 0 Å². The average molecular weight is 243 g/mol. The molecule has 0 aliphatic carbocycles.